The zero-order valence-electron chi connectivity index (χ0n) is 6.49. The Morgan fingerprint density at radius 1 is 1.42 bits per heavy atom. The van der Waals surface area contributed by atoms with Gasteiger partial charge in [-0.1, -0.05) is 0 Å². The summed E-state index contributed by atoms with van der Waals surface area (Å²) in [6.07, 6.45) is 0. The van der Waals surface area contributed by atoms with E-state index in [0.717, 1.165) is 16.6 Å². The average molecular weight is 228 g/mol. The highest BCUT2D eigenvalue weighted by Crippen LogP contribution is 2.26. The first-order valence-corrected chi connectivity index (χ1v) is 4.41. The molecule has 1 N–H and O–H groups in total. The molecule has 0 aliphatic rings. The number of rotatable bonds is 0. The fraction of sp³-hybridized carbons (Fsp3) is 0.111. The molecule has 3 heteroatoms. The van der Waals surface area contributed by atoms with E-state index in [1.54, 1.807) is 6.07 Å². The molecular weight excluding hydrogens is 221 g/mol. The van der Waals surface area contributed by atoms with Crippen molar-refractivity contribution in [1.29, 1.82) is 0 Å². The Hall–Kier alpha value is -0.830. The van der Waals surface area contributed by atoms with Crippen LogP contribution in [-0.4, -0.2) is 4.98 Å². The summed E-state index contributed by atoms with van der Waals surface area (Å²) in [6, 6.07) is 5.10. The van der Waals surface area contributed by atoms with Crippen molar-refractivity contribution in [3.63, 3.8) is 0 Å². The van der Waals surface area contributed by atoms with E-state index in [1.165, 1.54) is 6.07 Å². The van der Waals surface area contributed by atoms with E-state index in [4.69, 9.17) is 0 Å². The first-order valence-electron chi connectivity index (χ1n) is 3.62. The van der Waals surface area contributed by atoms with Gasteiger partial charge in [0.05, 0.1) is 4.47 Å². The van der Waals surface area contributed by atoms with E-state index in [0.29, 0.717) is 4.47 Å². The summed E-state index contributed by atoms with van der Waals surface area (Å²) in [6.45, 7) is 1.95. The lowest BCUT2D eigenvalue weighted by Gasteiger charge is -1.94. The van der Waals surface area contributed by atoms with Gasteiger partial charge in [0, 0.05) is 16.6 Å². The standard InChI is InChI=1S/C9H7BrFN/c1-5-4-6-8(12-5)3-2-7(11)9(6)10/h2-4,12H,1H3. The van der Waals surface area contributed by atoms with Crippen LogP contribution in [0.5, 0.6) is 0 Å². The quantitative estimate of drug-likeness (QED) is 0.711. The van der Waals surface area contributed by atoms with Crippen molar-refractivity contribution in [2.75, 3.05) is 0 Å². The van der Waals surface area contributed by atoms with Crippen LogP contribution in [0.4, 0.5) is 4.39 Å². The van der Waals surface area contributed by atoms with Crippen LogP contribution in [0.25, 0.3) is 10.9 Å². The fourth-order valence-corrected chi connectivity index (χ4v) is 1.74. The molecule has 0 amide bonds. The summed E-state index contributed by atoms with van der Waals surface area (Å²) in [4.78, 5) is 3.13. The number of benzene rings is 1. The highest BCUT2D eigenvalue weighted by molar-refractivity contribution is 9.10. The fourth-order valence-electron chi connectivity index (χ4n) is 1.28. The van der Waals surface area contributed by atoms with Crippen molar-refractivity contribution in [1.82, 2.24) is 4.98 Å². The van der Waals surface area contributed by atoms with Crippen molar-refractivity contribution in [2.24, 2.45) is 0 Å². The normalized spacial score (nSPS) is 10.9. The molecule has 0 saturated heterocycles. The molecule has 0 spiro atoms. The minimum atomic E-state index is -0.221. The Balaban J connectivity index is 2.89. The highest BCUT2D eigenvalue weighted by Gasteiger charge is 2.05. The topological polar surface area (TPSA) is 15.8 Å². The monoisotopic (exact) mass is 227 g/mol. The number of aromatic nitrogens is 1. The van der Waals surface area contributed by atoms with Gasteiger partial charge in [-0.05, 0) is 41.1 Å². The molecule has 0 bridgehead atoms. The van der Waals surface area contributed by atoms with E-state index in [9.17, 15) is 4.39 Å². The lowest BCUT2D eigenvalue weighted by atomic mass is 10.2. The van der Waals surface area contributed by atoms with Crippen LogP contribution in [0.2, 0.25) is 0 Å². The van der Waals surface area contributed by atoms with Crippen molar-refractivity contribution in [3.8, 4) is 0 Å². The Bertz CT molecular complexity index is 433. The Morgan fingerprint density at radius 2 is 2.17 bits per heavy atom. The van der Waals surface area contributed by atoms with Crippen LogP contribution in [0.3, 0.4) is 0 Å². The molecule has 0 saturated carbocycles. The van der Waals surface area contributed by atoms with E-state index >= 15 is 0 Å². The number of H-pyrrole nitrogens is 1. The Kier molecular flexibility index (Phi) is 1.68. The summed E-state index contributed by atoms with van der Waals surface area (Å²) in [7, 11) is 0. The summed E-state index contributed by atoms with van der Waals surface area (Å²) >= 11 is 3.20. The Labute approximate surface area is 77.7 Å². The zero-order chi connectivity index (χ0) is 8.72. The number of nitrogens with one attached hydrogen (secondary N) is 1. The molecule has 1 nitrogen and oxygen atoms in total. The number of hydrogen-bond acceptors (Lipinski definition) is 0. The van der Waals surface area contributed by atoms with Gasteiger partial charge in [0.2, 0.25) is 0 Å². The van der Waals surface area contributed by atoms with Crippen LogP contribution in [0.15, 0.2) is 22.7 Å². The van der Waals surface area contributed by atoms with E-state index in [-0.39, 0.29) is 5.82 Å². The second kappa shape index (κ2) is 2.59. The zero-order valence-corrected chi connectivity index (χ0v) is 8.07. The molecule has 0 atom stereocenters. The smallest absolute Gasteiger partial charge is 0.138 e. The molecule has 0 radical (unpaired) electrons. The van der Waals surface area contributed by atoms with Crippen molar-refractivity contribution >= 4 is 26.8 Å². The maximum absolute atomic E-state index is 13.0. The lowest BCUT2D eigenvalue weighted by molar-refractivity contribution is 0.623. The van der Waals surface area contributed by atoms with Crippen molar-refractivity contribution in [2.45, 2.75) is 6.92 Å². The van der Waals surface area contributed by atoms with E-state index < -0.39 is 0 Å². The third-order valence-electron chi connectivity index (χ3n) is 1.83. The molecule has 2 rings (SSSR count). The first-order chi connectivity index (χ1) is 5.68. The van der Waals surface area contributed by atoms with Crippen LogP contribution in [0, 0.1) is 12.7 Å². The molecule has 62 valence electrons. The number of aromatic amines is 1. The van der Waals surface area contributed by atoms with Gasteiger partial charge < -0.3 is 4.98 Å². The van der Waals surface area contributed by atoms with Crippen molar-refractivity contribution in [3.05, 3.63) is 34.2 Å². The maximum Gasteiger partial charge on any atom is 0.138 e. The summed E-state index contributed by atoms with van der Waals surface area (Å²) < 4.78 is 13.5. The van der Waals surface area contributed by atoms with Gasteiger partial charge in [0.15, 0.2) is 0 Å². The van der Waals surface area contributed by atoms with Gasteiger partial charge in [-0.25, -0.2) is 4.39 Å². The minimum Gasteiger partial charge on any atom is -0.359 e. The summed E-state index contributed by atoms with van der Waals surface area (Å²) in [5, 5.41) is 0.896. The van der Waals surface area contributed by atoms with Gasteiger partial charge in [-0.2, -0.15) is 0 Å². The molecule has 1 heterocycles. The minimum absolute atomic E-state index is 0.221. The second-order valence-electron chi connectivity index (χ2n) is 2.77. The molecular formula is C9H7BrFN. The van der Waals surface area contributed by atoms with Gasteiger partial charge in [0.1, 0.15) is 5.82 Å². The van der Waals surface area contributed by atoms with Gasteiger partial charge in [0.25, 0.3) is 0 Å². The third kappa shape index (κ3) is 1.05. The van der Waals surface area contributed by atoms with Gasteiger partial charge in [-0.3, -0.25) is 0 Å². The molecule has 1 aromatic carbocycles. The number of halogens is 2. The molecule has 12 heavy (non-hydrogen) atoms. The molecule has 0 aliphatic heterocycles. The highest BCUT2D eigenvalue weighted by atomic mass is 79.9. The van der Waals surface area contributed by atoms with Crippen LogP contribution >= 0.6 is 15.9 Å². The second-order valence-corrected chi connectivity index (χ2v) is 3.57. The maximum atomic E-state index is 13.0. The number of aryl methyl sites for hydroxylation is 1. The summed E-state index contributed by atoms with van der Waals surface area (Å²) in [5.74, 6) is -0.221. The average Bonchev–Trinajstić information content (AvgIpc) is 2.39. The molecule has 0 fully saturated rings. The SMILES string of the molecule is Cc1cc2c(Br)c(F)ccc2[nH]1. The molecule has 1 aromatic heterocycles. The van der Waals surface area contributed by atoms with Crippen molar-refractivity contribution < 1.29 is 4.39 Å². The predicted molar refractivity (Wildman–Crippen MR) is 50.7 cm³/mol. The Morgan fingerprint density at radius 3 is 2.92 bits per heavy atom. The third-order valence-corrected chi connectivity index (χ3v) is 2.63. The first kappa shape index (κ1) is 7.80. The number of hydrogen-bond donors (Lipinski definition) is 1. The predicted octanol–water partition coefficient (Wildman–Crippen LogP) is 3.38. The van der Waals surface area contributed by atoms with Crippen LogP contribution in [-0.2, 0) is 0 Å². The van der Waals surface area contributed by atoms with E-state index in [1.807, 2.05) is 13.0 Å². The van der Waals surface area contributed by atoms with Crippen LogP contribution in [0.1, 0.15) is 5.69 Å². The lowest BCUT2D eigenvalue weighted by Crippen LogP contribution is -1.76. The van der Waals surface area contributed by atoms with Gasteiger partial charge in [-0.15, -0.1) is 0 Å². The van der Waals surface area contributed by atoms with E-state index in [2.05, 4.69) is 20.9 Å². The largest absolute Gasteiger partial charge is 0.359 e. The molecule has 2 aromatic rings. The number of fused-ring (bicyclic) bond motifs is 1. The molecule has 0 aliphatic carbocycles. The summed E-state index contributed by atoms with van der Waals surface area (Å²) in [5.41, 5.74) is 2.00. The van der Waals surface area contributed by atoms with Gasteiger partial charge >= 0.3 is 0 Å². The van der Waals surface area contributed by atoms with Crippen LogP contribution < -0.4 is 0 Å². The molecule has 0 unspecified atom stereocenters.